The second-order valence-electron chi connectivity index (χ2n) is 17.9. The Morgan fingerprint density at radius 3 is 2.02 bits per heavy atom. The molecule has 0 bridgehead atoms. The molecule has 2 aliphatic carbocycles. The first-order valence-electron chi connectivity index (χ1n) is 22.9. The number of hydrogen-bond donors (Lipinski definition) is 0. The second-order valence-corrected chi connectivity index (χ2v) is 17.9. The molecule has 1 aromatic heterocycles. The van der Waals surface area contributed by atoms with E-state index in [0.29, 0.717) is 0 Å². The Hall–Kier alpha value is -8.40. The third-order valence-electron chi connectivity index (χ3n) is 14.6. The molecule has 0 saturated heterocycles. The molecule has 1 spiro atoms. The van der Waals surface area contributed by atoms with Crippen LogP contribution in [0.1, 0.15) is 33.9 Å². The van der Waals surface area contributed by atoms with Crippen molar-refractivity contribution in [3.05, 3.63) is 258 Å². The van der Waals surface area contributed by atoms with Crippen LogP contribution in [-0.2, 0) is 5.41 Å². The third kappa shape index (κ3) is 5.31. The van der Waals surface area contributed by atoms with Gasteiger partial charge in [0.15, 0.2) is 0 Å². The van der Waals surface area contributed by atoms with Gasteiger partial charge in [0.1, 0.15) is 23.0 Å². The van der Waals surface area contributed by atoms with Crippen molar-refractivity contribution in [1.29, 1.82) is 0 Å². The number of para-hydroxylation sites is 2. The lowest BCUT2D eigenvalue weighted by atomic mass is 9.58. The molecule has 3 nitrogen and oxygen atoms in total. The molecule has 0 saturated carbocycles. The molecule has 0 N–H and O–H groups in total. The highest BCUT2D eigenvalue weighted by Gasteiger charge is 2.57. The van der Waals surface area contributed by atoms with E-state index in [-0.39, 0.29) is 12.0 Å². The van der Waals surface area contributed by atoms with Gasteiger partial charge in [0.25, 0.3) is 0 Å². The molecular formula is C63H41NO2. The predicted molar refractivity (Wildman–Crippen MR) is 271 cm³/mol. The van der Waals surface area contributed by atoms with Crippen LogP contribution in [0, 0.1) is 5.92 Å². The molecule has 0 amide bonds. The average molecular weight is 844 g/mol. The number of benzene rings is 10. The normalized spacial score (nSPS) is 17.5. The van der Waals surface area contributed by atoms with E-state index < -0.39 is 5.41 Å². The fourth-order valence-corrected chi connectivity index (χ4v) is 11.7. The zero-order chi connectivity index (χ0) is 43.3. The Kier molecular flexibility index (Phi) is 8.02. The number of furan rings is 1. The Morgan fingerprint density at radius 1 is 0.424 bits per heavy atom. The molecule has 0 radical (unpaired) electrons. The summed E-state index contributed by atoms with van der Waals surface area (Å²) in [5.74, 6) is 0.961. The molecule has 3 unspecified atom stereocenters. The van der Waals surface area contributed by atoms with E-state index in [1.807, 2.05) is 12.1 Å². The van der Waals surface area contributed by atoms with Crippen molar-refractivity contribution in [2.24, 2.45) is 5.92 Å². The highest BCUT2D eigenvalue weighted by atomic mass is 16.5. The Labute approximate surface area is 383 Å². The van der Waals surface area contributed by atoms with Gasteiger partial charge in [-0.2, -0.15) is 0 Å². The maximum absolute atomic E-state index is 7.38. The molecule has 3 atom stereocenters. The summed E-state index contributed by atoms with van der Waals surface area (Å²) < 4.78 is 13.9. The topological polar surface area (TPSA) is 25.6 Å². The van der Waals surface area contributed by atoms with Crippen molar-refractivity contribution in [3.63, 3.8) is 0 Å². The summed E-state index contributed by atoms with van der Waals surface area (Å²) in [5.41, 5.74) is 17.8. The molecular weight excluding hydrogens is 803 g/mol. The lowest BCUT2D eigenvalue weighted by molar-refractivity contribution is 0.105. The standard InChI is InChI=1S/C63H41NO2/c1-2-14-40(15-3-1)41-26-31-45(32-27-41)64(46-33-35-53-52-22-10-13-25-59(52)65-60(53)39-46)58-24-12-9-18-47(58)44-28-34-51-50-21-8-11-23-54(50)63(57(51)38-44)55-36-29-42-16-4-6-19-48(42)61(55)66-62-49-20-7-5-17-43(49)30-37-56(62)63/h1-39,55,61H. The predicted octanol–water partition coefficient (Wildman–Crippen LogP) is 16.6. The highest BCUT2D eigenvalue weighted by molar-refractivity contribution is 6.06. The molecule has 1 aliphatic heterocycles. The van der Waals surface area contributed by atoms with E-state index in [4.69, 9.17) is 9.15 Å². The van der Waals surface area contributed by atoms with Crippen LogP contribution in [0.25, 0.3) is 72.2 Å². The van der Waals surface area contributed by atoms with Crippen molar-refractivity contribution in [2.45, 2.75) is 11.5 Å². The summed E-state index contributed by atoms with van der Waals surface area (Å²) in [7, 11) is 0. The molecule has 310 valence electrons. The van der Waals surface area contributed by atoms with Crippen molar-refractivity contribution in [1.82, 2.24) is 0 Å². The smallest absolute Gasteiger partial charge is 0.137 e. The lowest BCUT2D eigenvalue weighted by Gasteiger charge is -2.49. The van der Waals surface area contributed by atoms with E-state index in [2.05, 4.69) is 229 Å². The van der Waals surface area contributed by atoms with E-state index in [1.165, 1.54) is 55.5 Å². The first-order valence-corrected chi connectivity index (χ1v) is 22.9. The van der Waals surface area contributed by atoms with Crippen LogP contribution in [-0.4, -0.2) is 0 Å². The van der Waals surface area contributed by atoms with E-state index in [1.54, 1.807) is 0 Å². The minimum absolute atomic E-state index is 0.0101. The van der Waals surface area contributed by atoms with Crippen LogP contribution < -0.4 is 9.64 Å². The van der Waals surface area contributed by atoms with E-state index >= 15 is 0 Å². The van der Waals surface area contributed by atoms with Crippen LogP contribution in [0.4, 0.5) is 17.1 Å². The number of rotatable bonds is 5. The van der Waals surface area contributed by atoms with Crippen LogP contribution in [0.5, 0.6) is 5.75 Å². The summed E-state index contributed by atoms with van der Waals surface area (Å²) in [6.07, 6.45) is 4.57. The number of ether oxygens (including phenoxy) is 1. The first-order chi connectivity index (χ1) is 32.7. The summed E-state index contributed by atoms with van der Waals surface area (Å²) in [5, 5.41) is 4.54. The van der Waals surface area contributed by atoms with Gasteiger partial charge in [-0.3, -0.25) is 0 Å². The molecule has 2 heterocycles. The largest absolute Gasteiger partial charge is 0.484 e. The molecule has 66 heavy (non-hydrogen) atoms. The molecule has 11 aromatic rings. The lowest BCUT2D eigenvalue weighted by Crippen LogP contribution is -2.45. The minimum atomic E-state index is -0.539. The zero-order valence-electron chi connectivity index (χ0n) is 35.9. The minimum Gasteiger partial charge on any atom is -0.484 e. The van der Waals surface area contributed by atoms with Gasteiger partial charge < -0.3 is 14.1 Å². The van der Waals surface area contributed by atoms with Crippen LogP contribution >= 0.6 is 0 Å². The SMILES string of the molecule is C1=CC2C(Oc3c(ccc4ccccc34)C23c2ccccc2-c2ccc(-c4ccccc4N(c4ccc(-c5ccccc5)cc4)c4ccc5c(c4)oc4ccccc45)cc23)c2ccccc21. The van der Waals surface area contributed by atoms with Crippen molar-refractivity contribution >= 4 is 55.8 Å². The monoisotopic (exact) mass is 843 g/mol. The highest BCUT2D eigenvalue weighted by Crippen LogP contribution is 2.66. The summed E-state index contributed by atoms with van der Waals surface area (Å²) in [6, 6.07) is 81.7. The fourth-order valence-electron chi connectivity index (χ4n) is 11.7. The molecule has 0 fully saturated rings. The maximum Gasteiger partial charge on any atom is 0.137 e. The average Bonchev–Trinajstić information content (AvgIpc) is 3.90. The molecule has 10 aromatic carbocycles. The van der Waals surface area contributed by atoms with Crippen LogP contribution in [0.2, 0.25) is 0 Å². The molecule has 3 heteroatoms. The Balaban J connectivity index is 0.999. The van der Waals surface area contributed by atoms with Gasteiger partial charge in [-0.1, -0.05) is 188 Å². The van der Waals surface area contributed by atoms with Gasteiger partial charge in [-0.15, -0.1) is 0 Å². The Bertz CT molecular complexity index is 3770. The van der Waals surface area contributed by atoms with Gasteiger partial charge in [-0.05, 0) is 92.4 Å². The van der Waals surface area contributed by atoms with E-state index in [0.717, 1.165) is 61.3 Å². The van der Waals surface area contributed by atoms with E-state index in [9.17, 15) is 0 Å². The molecule has 14 rings (SSSR count). The van der Waals surface area contributed by atoms with Crippen LogP contribution in [0.3, 0.4) is 0 Å². The van der Waals surface area contributed by atoms with Gasteiger partial charge in [0, 0.05) is 56.2 Å². The van der Waals surface area contributed by atoms with Gasteiger partial charge in [0.05, 0.1) is 11.1 Å². The summed E-state index contributed by atoms with van der Waals surface area (Å²) >= 11 is 0. The van der Waals surface area contributed by atoms with Crippen molar-refractivity contribution in [2.75, 3.05) is 4.90 Å². The summed E-state index contributed by atoms with van der Waals surface area (Å²) in [6.45, 7) is 0. The Morgan fingerprint density at radius 2 is 1.11 bits per heavy atom. The van der Waals surface area contributed by atoms with Gasteiger partial charge in [-0.25, -0.2) is 0 Å². The molecule has 3 aliphatic rings. The summed E-state index contributed by atoms with van der Waals surface area (Å²) in [4.78, 5) is 2.39. The maximum atomic E-state index is 7.38. The first kappa shape index (κ1) is 37.0. The van der Waals surface area contributed by atoms with Gasteiger partial charge in [0.2, 0.25) is 0 Å². The van der Waals surface area contributed by atoms with Crippen LogP contribution in [0.15, 0.2) is 235 Å². The number of nitrogens with zero attached hydrogens (tertiary/aromatic N) is 1. The van der Waals surface area contributed by atoms with Crippen molar-refractivity contribution < 1.29 is 9.15 Å². The quantitative estimate of drug-likeness (QED) is 0.173. The van der Waals surface area contributed by atoms with Crippen molar-refractivity contribution in [3.8, 4) is 39.1 Å². The number of anilines is 3. The zero-order valence-corrected chi connectivity index (χ0v) is 35.9. The number of fused-ring (bicyclic) bond motifs is 16. The van der Waals surface area contributed by atoms with Gasteiger partial charge >= 0.3 is 0 Å². The number of hydrogen-bond acceptors (Lipinski definition) is 3. The third-order valence-corrected chi connectivity index (χ3v) is 14.6. The fraction of sp³-hybridized carbons (Fsp3) is 0.0476. The second kappa shape index (κ2) is 14.3.